The SMILES string of the molecule is O=C(O)COC(=O)[C@@H]1CC(O)CN1. The quantitative estimate of drug-likeness (QED) is 0.460. The van der Waals surface area contributed by atoms with Crippen LogP contribution in [0, 0.1) is 0 Å². The van der Waals surface area contributed by atoms with Gasteiger partial charge < -0.3 is 20.3 Å². The van der Waals surface area contributed by atoms with E-state index in [0.717, 1.165) is 0 Å². The van der Waals surface area contributed by atoms with E-state index >= 15 is 0 Å². The lowest BCUT2D eigenvalue weighted by Crippen LogP contribution is -2.33. The zero-order valence-corrected chi connectivity index (χ0v) is 6.90. The molecule has 1 fully saturated rings. The molecule has 13 heavy (non-hydrogen) atoms. The van der Waals surface area contributed by atoms with Gasteiger partial charge in [0.25, 0.3) is 0 Å². The molecule has 0 aliphatic carbocycles. The third-order valence-corrected chi connectivity index (χ3v) is 1.73. The minimum Gasteiger partial charge on any atom is -0.479 e. The fourth-order valence-electron chi connectivity index (χ4n) is 1.13. The van der Waals surface area contributed by atoms with Crippen LogP contribution in [0.1, 0.15) is 6.42 Å². The van der Waals surface area contributed by atoms with Gasteiger partial charge in [0, 0.05) is 13.0 Å². The van der Waals surface area contributed by atoms with Crippen molar-refractivity contribution in [3.8, 4) is 0 Å². The number of hydrogen-bond donors (Lipinski definition) is 3. The first-order valence-electron chi connectivity index (χ1n) is 3.89. The summed E-state index contributed by atoms with van der Waals surface area (Å²) in [4.78, 5) is 21.1. The van der Waals surface area contributed by atoms with Gasteiger partial charge in [-0.25, -0.2) is 4.79 Å². The van der Waals surface area contributed by atoms with E-state index in [2.05, 4.69) is 10.1 Å². The van der Waals surface area contributed by atoms with E-state index < -0.39 is 30.7 Å². The molecule has 6 nitrogen and oxygen atoms in total. The van der Waals surface area contributed by atoms with Gasteiger partial charge in [-0.1, -0.05) is 0 Å². The van der Waals surface area contributed by atoms with Crippen LogP contribution in [0.2, 0.25) is 0 Å². The molecule has 0 aromatic heterocycles. The van der Waals surface area contributed by atoms with E-state index in [0.29, 0.717) is 6.54 Å². The Kier molecular flexibility index (Phi) is 3.21. The van der Waals surface area contributed by atoms with Crippen molar-refractivity contribution in [1.29, 1.82) is 0 Å². The molecule has 1 aliphatic heterocycles. The molecule has 0 aromatic carbocycles. The van der Waals surface area contributed by atoms with Crippen LogP contribution in [-0.2, 0) is 14.3 Å². The standard InChI is InChI=1S/C7H11NO5/c9-4-1-5(8-2-4)7(12)13-3-6(10)11/h4-5,8-9H,1-3H2,(H,10,11)/t4?,5-/m0/s1. The summed E-state index contributed by atoms with van der Waals surface area (Å²) in [5.74, 6) is -1.81. The lowest BCUT2D eigenvalue weighted by Gasteiger charge is -2.07. The molecule has 0 saturated carbocycles. The maximum absolute atomic E-state index is 11.0. The van der Waals surface area contributed by atoms with Crippen molar-refractivity contribution in [2.45, 2.75) is 18.6 Å². The highest BCUT2D eigenvalue weighted by atomic mass is 16.6. The Morgan fingerprint density at radius 3 is 2.69 bits per heavy atom. The first kappa shape index (κ1) is 9.94. The minimum absolute atomic E-state index is 0.276. The predicted molar refractivity (Wildman–Crippen MR) is 41.0 cm³/mol. The summed E-state index contributed by atoms with van der Waals surface area (Å²) in [5, 5.41) is 20.0. The molecule has 2 atom stereocenters. The van der Waals surface area contributed by atoms with Crippen LogP contribution in [0.3, 0.4) is 0 Å². The van der Waals surface area contributed by atoms with Crippen molar-refractivity contribution in [2.24, 2.45) is 0 Å². The van der Waals surface area contributed by atoms with Gasteiger partial charge in [-0.05, 0) is 0 Å². The van der Waals surface area contributed by atoms with Crippen LogP contribution in [0.4, 0.5) is 0 Å². The molecule has 6 heteroatoms. The number of rotatable bonds is 3. The van der Waals surface area contributed by atoms with E-state index in [1.807, 2.05) is 0 Å². The van der Waals surface area contributed by atoms with Crippen LogP contribution in [0.5, 0.6) is 0 Å². The molecule has 1 unspecified atom stereocenters. The number of carboxylic acid groups (broad SMARTS) is 1. The highest BCUT2D eigenvalue weighted by molar-refractivity contribution is 5.79. The summed E-state index contributed by atoms with van der Waals surface area (Å²) < 4.78 is 4.42. The average molecular weight is 189 g/mol. The van der Waals surface area contributed by atoms with Crippen molar-refractivity contribution in [3.05, 3.63) is 0 Å². The van der Waals surface area contributed by atoms with Crippen molar-refractivity contribution >= 4 is 11.9 Å². The first-order chi connectivity index (χ1) is 6.09. The Balaban J connectivity index is 2.27. The first-order valence-corrected chi connectivity index (χ1v) is 3.89. The highest BCUT2D eigenvalue weighted by Gasteiger charge is 2.29. The van der Waals surface area contributed by atoms with Gasteiger partial charge in [0.05, 0.1) is 6.10 Å². The maximum atomic E-state index is 11.0. The minimum atomic E-state index is -1.19. The smallest absolute Gasteiger partial charge is 0.341 e. The van der Waals surface area contributed by atoms with E-state index in [4.69, 9.17) is 10.2 Å². The van der Waals surface area contributed by atoms with Gasteiger partial charge in [-0.2, -0.15) is 0 Å². The topological polar surface area (TPSA) is 95.9 Å². The monoisotopic (exact) mass is 189 g/mol. The molecule has 0 bridgehead atoms. The van der Waals surface area contributed by atoms with E-state index in [9.17, 15) is 9.59 Å². The van der Waals surface area contributed by atoms with Gasteiger partial charge in [0.2, 0.25) is 0 Å². The van der Waals surface area contributed by atoms with Crippen LogP contribution >= 0.6 is 0 Å². The summed E-state index contributed by atoms with van der Waals surface area (Å²) >= 11 is 0. The molecule has 0 aromatic rings. The number of ether oxygens (including phenoxy) is 1. The van der Waals surface area contributed by atoms with Crippen LogP contribution in [-0.4, -0.2) is 47.4 Å². The number of carbonyl (C=O) groups is 2. The van der Waals surface area contributed by atoms with Gasteiger partial charge in [0.1, 0.15) is 6.04 Å². The number of carbonyl (C=O) groups excluding carboxylic acids is 1. The van der Waals surface area contributed by atoms with Gasteiger partial charge in [0.15, 0.2) is 6.61 Å². The molecule has 1 saturated heterocycles. The number of nitrogens with one attached hydrogen (secondary N) is 1. The Hall–Kier alpha value is -1.14. The number of esters is 1. The fourth-order valence-corrected chi connectivity index (χ4v) is 1.13. The van der Waals surface area contributed by atoms with Crippen molar-refractivity contribution in [1.82, 2.24) is 5.32 Å². The zero-order chi connectivity index (χ0) is 9.84. The molecule has 0 radical (unpaired) electrons. The highest BCUT2D eigenvalue weighted by Crippen LogP contribution is 2.07. The maximum Gasteiger partial charge on any atom is 0.341 e. The second-order valence-electron chi connectivity index (χ2n) is 2.85. The summed E-state index contributed by atoms with van der Waals surface area (Å²) in [6, 6.07) is -0.575. The van der Waals surface area contributed by atoms with Gasteiger partial charge in [-0.15, -0.1) is 0 Å². The molecule has 1 heterocycles. The average Bonchev–Trinajstić information content (AvgIpc) is 2.47. The molecule has 0 amide bonds. The van der Waals surface area contributed by atoms with E-state index in [1.54, 1.807) is 0 Å². The fraction of sp³-hybridized carbons (Fsp3) is 0.714. The molecule has 3 N–H and O–H groups in total. The predicted octanol–water partition coefficient (Wildman–Crippen LogP) is -1.66. The summed E-state index contributed by atoms with van der Waals surface area (Å²) in [5.41, 5.74) is 0. The number of aliphatic hydroxyl groups is 1. The van der Waals surface area contributed by atoms with Crippen molar-refractivity contribution < 1.29 is 24.5 Å². The Bertz CT molecular complexity index is 217. The van der Waals surface area contributed by atoms with Crippen LogP contribution in [0.15, 0.2) is 0 Å². The number of aliphatic hydroxyl groups excluding tert-OH is 1. The molecule has 1 aliphatic rings. The Morgan fingerprint density at radius 1 is 1.54 bits per heavy atom. The summed E-state index contributed by atoms with van der Waals surface area (Å²) in [7, 11) is 0. The molecular weight excluding hydrogens is 178 g/mol. The third kappa shape index (κ3) is 3.00. The van der Waals surface area contributed by atoms with Crippen molar-refractivity contribution in [2.75, 3.05) is 13.2 Å². The second-order valence-corrected chi connectivity index (χ2v) is 2.85. The Morgan fingerprint density at radius 2 is 2.23 bits per heavy atom. The van der Waals surface area contributed by atoms with Crippen molar-refractivity contribution in [3.63, 3.8) is 0 Å². The number of carboxylic acids is 1. The van der Waals surface area contributed by atoms with Gasteiger partial charge in [-0.3, -0.25) is 4.79 Å². The van der Waals surface area contributed by atoms with E-state index in [-0.39, 0.29) is 6.42 Å². The second kappa shape index (κ2) is 4.20. The number of hydrogen-bond acceptors (Lipinski definition) is 5. The molecular formula is C7H11NO5. The normalized spacial score (nSPS) is 27.2. The summed E-state index contributed by atoms with van der Waals surface area (Å²) in [6.07, 6.45) is -0.277. The number of β-amino-alcohol motifs (C(OH)–C–C–N with tert-alkyl or cyclic N) is 1. The zero-order valence-electron chi connectivity index (χ0n) is 6.90. The largest absolute Gasteiger partial charge is 0.479 e. The van der Waals surface area contributed by atoms with E-state index in [1.165, 1.54) is 0 Å². The lowest BCUT2D eigenvalue weighted by molar-refractivity contribution is -0.156. The third-order valence-electron chi connectivity index (χ3n) is 1.73. The molecule has 1 rings (SSSR count). The summed E-state index contributed by atoms with van der Waals surface area (Å²) in [6.45, 7) is -0.292. The van der Waals surface area contributed by atoms with Crippen LogP contribution < -0.4 is 5.32 Å². The molecule has 0 spiro atoms. The number of aliphatic carboxylic acids is 1. The Labute approximate surface area is 74.5 Å². The lowest BCUT2D eigenvalue weighted by atomic mass is 10.2. The molecule has 74 valence electrons. The van der Waals surface area contributed by atoms with Gasteiger partial charge >= 0.3 is 11.9 Å². The van der Waals surface area contributed by atoms with Crippen LogP contribution in [0.25, 0.3) is 0 Å².